The molecule has 1 rings (SSSR count). The summed E-state index contributed by atoms with van der Waals surface area (Å²) in [6.45, 7) is 2.09. The fourth-order valence-corrected chi connectivity index (χ4v) is 1.55. The Morgan fingerprint density at radius 2 is 2.36 bits per heavy atom. The van der Waals surface area contributed by atoms with Crippen LogP contribution in [0.2, 0.25) is 0 Å². The van der Waals surface area contributed by atoms with Gasteiger partial charge in [0.25, 0.3) is 0 Å². The predicted octanol–water partition coefficient (Wildman–Crippen LogP) is 2.20. The molecule has 0 aliphatic carbocycles. The van der Waals surface area contributed by atoms with Crippen molar-refractivity contribution in [1.29, 1.82) is 5.26 Å². The minimum absolute atomic E-state index is 0.396. The molecule has 2 N–H and O–H groups in total. The molecule has 1 aromatic rings. The lowest BCUT2D eigenvalue weighted by atomic mass is 10.2. The van der Waals surface area contributed by atoms with Crippen LogP contribution in [0, 0.1) is 11.3 Å². The van der Waals surface area contributed by atoms with Crippen LogP contribution in [0.25, 0.3) is 0 Å². The minimum atomic E-state index is -0.473. The van der Waals surface area contributed by atoms with E-state index < -0.39 is 6.10 Å². The van der Waals surface area contributed by atoms with Gasteiger partial charge in [-0.2, -0.15) is 5.26 Å². The molecule has 74 valence electrons. The molecule has 0 amide bonds. The molecule has 3 nitrogen and oxygen atoms in total. The first-order valence-electron chi connectivity index (χ1n) is 4.22. The Morgan fingerprint density at radius 3 is 2.93 bits per heavy atom. The van der Waals surface area contributed by atoms with E-state index in [-0.39, 0.29) is 0 Å². The molecule has 0 bridgehead atoms. The van der Waals surface area contributed by atoms with E-state index in [9.17, 15) is 0 Å². The molecule has 0 aromatic heterocycles. The van der Waals surface area contributed by atoms with Crippen LogP contribution in [0.1, 0.15) is 12.5 Å². The van der Waals surface area contributed by atoms with E-state index in [1.54, 1.807) is 6.92 Å². The Kier molecular flexibility index (Phi) is 3.93. The predicted molar refractivity (Wildman–Crippen MR) is 57.7 cm³/mol. The van der Waals surface area contributed by atoms with Crippen molar-refractivity contribution in [3.63, 3.8) is 0 Å². The van der Waals surface area contributed by atoms with Gasteiger partial charge in [-0.1, -0.05) is 12.1 Å². The fourth-order valence-electron chi connectivity index (χ4n) is 1.05. The molecule has 0 saturated heterocycles. The summed E-state index contributed by atoms with van der Waals surface area (Å²) < 4.78 is 6.25. The van der Waals surface area contributed by atoms with E-state index >= 15 is 0 Å². The highest BCUT2D eigenvalue weighted by Gasteiger charge is 2.09. The Morgan fingerprint density at radius 1 is 1.64 bits per heavy atom. The smallest absolute Gasteiger partial charge is 0.181 e. The molecule has 4 heteroatoms. The second kappa shape index (κ2) is 4.99. The third-order valence-electron chi connectivity index (χ3n) is 1.74. The van der Waals surface area contributed by atoms with Crippen molar-refractivity contribution < 1.29 is 4.74 Å². The van der Waals surface area contributed by atoms with Crippen LogP contribution in [0.15, 0.2) is 22.7 Å². The second-order valence-electron chi connectivity index (χ2n) is 2.82. The van der Waals surface area contributed by atoms with Crippen LogP contribution in [0.3, 0.4) is 0 Å². The highest BCUT2D eigenvalue weighted by molar-refractivity contribution is 9.10. The van der Waals surface area contributed by atoms with Crippen molar-refractivity contribution in [2.75, 3.05) is 0 Å². The van der Waals surface area contributed by atoms with E-state index in [1.807, 2.05) is 24.3 Å². The summed E-state index contributed by atoms with van der Waals surface area (Å²) >= 11 is 3.36. The van der Waals surface area contributed by atoms with Gasteiger partial charge in [-0.05, 0) is 28.9 Å². The van der Waals surface area contributed by atoms with Crippen LogP contribution < -0.4 is 10.5 Å². The van der Waals surface area contributed by atoms with Gasteiger partial charge < -0.3 is 10.5 Å². The van der Waals surface area contributed by atoms with Crippen LogP contribution >= 0.6 is 15.9 Å². The van der Waals surface area contributed by atoms with Crippen molar-refractivity contribution >= 4 is 15.9 Å². The lowest BCUT2D eigenvalue weighted by Crippen LogP contribution is -2.11. The summed E-state index contributed by atoms with van der Waals surface area (Å²) in [5.41, 5.74) is 6.44. The summed E-state index contributed by atoms with van der Waals surface area (Å²) in [5.74, 6) is 0.657. The molecule has 1 unspecified atom stereocenters. The molecule has 0 aliphatic heterocycles. The number of para-hydroxylation sites is 1. The van der Waals surface area contributed by atoms with Crippen LogP contribution in [-0.2, 0) is 6.54 Å². The molecule has 0 aliphatic rings. The minimum Gasteiger partial charge on any atom is -0.474 e. The zero-order chi connectivity index (χ0) is 10.6. The van der Waals surface area contributed by atoms with Gasteiger partial charge in [0.1, 0.15) is 11.8 Å². The quantitative estimate of drug-likeness (QED) is 0.900. The lowest BCUT2D eigenvalue weighted by molar-refractivity contribution is 0.272. The molecule has 0 radical (unpaired) electrons. The normalized spacial score (nSPS) is 11.9. The standard InChI is InChI=1S/C10H11BrN2O/c1-7(5-12)14-10-8(6-13)3-2-4-9(10)11/h2-4,7H,6,13H2,1H3. The van der Waals surface area contributed by atoms with E-state index in [0.717, 1.165) is 10.0 Å². The number of ether oxygens (including phenoxy) is 1. The maximum Gasteiger partial charge on any atom is 0.181 e. The van der Waals surface area contributed by atoms with Gasteiger partial charge in [0.05, 0.1) is 4.47 Å². The number of hydrogen-bond acceptors (Lipinski definition) is 3. The monoisotopic (exact) mass is 254 g/mol. The molecule has 1 atom stereocenters. The van der Waals surface area contributed by atoms with Crippen LogP contribution in [0.4, 0.5) is 0 Å². The molecule has 1 aromatic carbocycles. The third-order valence-corrected chi connectivity index (χ3v) is 2.37. The largest absolute Gasteiger partial charge is 0.474 e. The van der Waals surface area contributed by atoms with Crippen molar-refractivity contribution in [1.82, 2.24) is 0 Å². The molecular weight excluding hydrogens is 244 g/mol. The zero-order valence-electron chi connectivity index (χ0n) is 7.83. The van der Waals surface area contributed by atoms with Gasteiger partial charge in [0, 0.05) is 12.1 Å². The summed E-state index contributed by atoms with van der Waals surface area (Å²) in [6.07, 6.45) is -0.473. The Bertz CT molecular complexity index is 360. The average Bonchev–Trinajstić information content (AvgIpc) is 2.20. The topological polar surface area (TPSA) is 59.0 Å². The van der Waals surface area contributed by atoms with Crippen LogP contribution in [0.5, 0.6) is 5.75 Å². The van der Waals surface area contributed by atoms with Crippen LogP contribution in [-0.4, -0.2) is 6.10 Å². The number of nitrogens with zero attached hydrogens (tertiary/aromatic N) is 1. The third kappa shape index (κ3) is 2.47. The molecule has 14 heavy (non-hydrogen) atoms. The second-order valence-corrected chi connectivity index (χ2v) is 3.68. The number of halogens is 1. The van der Waals surface area contributed by atoms with Crippen molar-refractivity contribution in [2.24, 2.45) is 5.73 Å². The van der Waals surface area contributed by atoms with Gasteiger partial charge in [0.2, 0.25) is 0 Å². The zero-order valence-corrected chi connectivity index (χ0v) is 9.41. The summed E-state index contributed by atoms with van der Waals surface area (Å²) in [6, 6.07) is 7.63. The SMILES string of the molecule is CC(C#N)Oc1c(Br)cccc1CN. The summed E-state index contributed by atoms with van der Waals surface area (Å²) in [7, 11) is 0. The number of nitrogens with two attached hydrogens (primary N) is 1. The van der Waals surface area contributed by atoms with E-state index in [2.05, 4.69) is 15.9 Å². The summed E-state index contributed by atoms with van der Waals surface area (Å²) in [5, 5.41) is 8.63. The van der Waals surface area contributed by atoms with Crippen molar-refractivity contribution in [3.8, 4) is 11.8 Å². The lowest BCUT2D eigenvalue weighted by Gasteiger charge is -2.13. The van der Waals surface area contributed by atoms with Gasteiger partial charge in [0.15, 0.2) is 6.10 Å². The molecule has 0 heterocycles. The molecule has 0 fully saturated rings. The van der Waals surface area contributed by atoms with Gasteiger partial charge >= 0.3 is 0 Å². The Labute approximate surface area is 91.6 Å². The molecular formula is C10H11BrN2O. The first kappa shape index (κ1) is 11.0. The maximum absolute atomic E-state index is 8.63. The Balaban J connectivity index is 3.00. The molecule has 0 saturated carbocycles. The van der Waals surface area contributed by atoms with Crippen molar-refractivity contribution in [2.45, 2.75) is 19.6 Å². The van der Waals surface area contributed by atoms with Gasteiger partial charge in [-0.25, -0.2) is 0 Å². The summed E-state index contributed by atoms with van der Waals surface area (Å²) in [4.78, 5) is 0. The first-order chi connectivity index (χ1) is 6.69. The average molecular weight is 255 g/mol. The fraction of sp³-hybridized carbons (Fsp3) is 0.300. The first-order valence-corrected chi connectivity index (χ1v) is 5.02. The number of rotatable bonds is 3. The highest BCUT2D eigenvalue weighted by Crippen LogP contribution is 2.29. The van der Waals surface area contributed by atoms with E-state index in [0.29, 0.717) is 12.3 Å². The molecule has 0 spiro atoms. The van der Waals surface area contributed by atoms with Gasteiger partial charge in [-0.3, -0.25) is 0 Å². The Hall–Kier alpha value is -1.05. The van der Waals surface area contributed by atoms with E-state index in [1.165, 1.54) is 0 Å². The number of benzene rings is 1. The van der Waals surface area contributed by atoms with Crippen molar-refractivity contribution in [3.05, 3.63) is 28.2 Å². The number of hydrogen-bond donors (Lipinski definition) is 1. The van der Waals surface area contributed by atoms with E-state index in [4.69, 9.17) is 15.7 Å². The maximum atomic E-state index is 8.63. The number of nitriles is 1. The van der Waals surface area contributed by atoms with Gasteiger partial charge in [-0.15, -0.1) is 0 Å². The highest BCUT2D eigenvalue weighted by atomic mass is 79.9.